The molecule has 45 heavy (non-hydrogen) atoms. The van der Waals surface area contributed by atoms with Crippen molar-refractivity contribution in [2.75, 3.05) is 18.4 Å². The Labute approximate surface area is 262 Å². The van der Waals surface area contributed by atoms with Crippen LogP contribution >= 0.6 is 0 Å². The minimum atomic E-state index is -0.770. The molecule has 232 valence electrons. The quantitative estimate of drug-likeness (QED) is 0.388. The lowest BCUT2D eigenvalue weighted by Gasteiger charge is -2.46. The summed E-state index contributed by atoms with van der Waals surface area (Å²) in [5, 5.41) is 10.6. The van der Waals surface area contributed by atoms with E-state index < -0.39 is 11.9 Å². The molecule has 4 amide bonds. The molecule has 0 spiro atoms. The van der Waals surface area contributed by atoms with Crippen LogP contribution in [0.1, 0.15) is 78.9 Å². The lowest BCUT2D eigenvalue weighted by molar-refractivity contribution is -0.148. The van der Waals surface area contributed by atoms with Gasteiger partial charge in [-0.15, -0.1) is 0 Å². The van der Waals surface area contributed by atoms with E-state index in [2.05, 4.69) is 59.3 Å². The van der Waals surface area contributed by atoms with Crippen molar-refractivity contribution in [1.29, 1.82) is 0 Å². The molecule has 4 aliphatic rings. The van der Waals surface area contributed by atoms with Gasteiger partial charge in [-0.2, -0.15) is 5.10 Å². The minimum absolute atomic E-state index is 0.178. The van der Waals surface area contributed by atoms with Crippen molar-refractivity contribution in [1.82, 2.24) is 24.9 Å². The summed E-state index contributed by atoms with van der Waals surface area (Å²) in [4.78, 5) is 54.7. The summed E-state index contributed by atoms with van der Waals surface area (Å²) in [5.41, 5.74) is 3.80. The molecular weight excluding hydrogens is 568 g/mol. The van der Waals surface area contributed by atoms with E-state index in [9.17, 15) is 19.2 Å². The lowest BCUT2D eigenvalue weighted by Crippen LogP contribution is -2.53. The minimum Gasteiger partial charge on any atom is -0.380 e. The van der Waals surface area contributed by atoms with E-state index >= 15 is 0 Å². The molecule has 0 bridgehead atoms. The zero-order valence-corrected chi connectivity index (χ0v) is 25.6. The second-order valence-corrected chi connectivity index (χ2v) is 13.1. The number of anilines is 1. The predicted molar refractivity (Wildman–Crippen MR) is 169 cm³/mol. The molecule has 10 heteroatoms. The summed E-state index contributed by atoms with van der Waals surface area (Å²) in [6.45, 7) is 8.02. The molecule has 3 aromatic rings. The molecule has 3 fully saturated rings. The van der Waals surface area contributed by atoms with Crippen LogP contribution in [0.15, 0.2) is 67.5 Å². The number of imide groups is 1. The van der Waals surface area contributed by atoms with Crippen molar-refractivity contribution in [3.8, 4) is 0 Å². The van der Waals surface area contributed by atoms with E-state index in [0.717, 1.165) is 37.7 Å². The standard InChI is InChI=1S/C35H38N6O4/c1-23-26-10-6-11-27(30(26)32(44)41(23)28-12-13-29(42)38-31(28)43)36-20-24-21-37-40(22-24)35(25-8-4-3-5-9-25)16-18-39(19-17-35)33(45)34(2)14-7-15-34/h3-6,8-11,21-22,28,36H,1,7,12-20H2,2H3,(H,38,42,43). The first kappa shape index (κ1) is 29.0. The Kier molecular flexibility index (Phi) is 7.10. The molecule has 1 aromatic heterocycles. The average molecular weight is 607 g/mol. The van der Waals surface area contributed by atoms with Crippen molar-refractivity contribution < 1.29 is 19.2 Å². The van der Waals surface area contributed by atoms with Gasteiger partial charge in [0, 0.05) is 60.2 Å². The number of carbonyl (C=O) groups is 4. The average Bonchev–Trinajstić information content (AvgIpc) is 3.62. The monoisotopic (exact) mass is 606 g/mol. The Morgan fingerprint density at radius 3 is 2.49 bits per heavy atom. The van der Waals surface area contributed by atoms with Gasteiger partial charge in [0.2, 0.25) is 17.7 Å². The van der Waals surface area contributed by atoms with E-state index in [-0.39, 0.29) is 41.5 Å². The van der Waals surface area contributed by atoms with Crippen LogP contribution < -0.4 is 10.6 Å². The van der Waals surface area contributed by atoms with Gasteiger partial charge in [0.1, 0.15) is 6.04 Å². The van der Waals surface area contributed by atoms with Crippen molar-refractivity contribution >= 4 is 35.0 Å². The number of fused-ring (bicyclic) bond motifs is 1. The third-order valence-electron chi connectivity index (χ3n) is 10.3. The van der Waals surface area contributed by atoms with Crippen LogP contribution in [-0.4, -0.2) is 62.3 Å². The summed E-state index contributed by atoms with van der Waals surface area (Å²) < 4.78 is 2.05. The number of rotatable bonds is 7. The Bertz CT molecular complexity index is 1700. The first-order valence-electron chi connectivity index (χ1n) is 15.8. The number of piperidine rings is 2. The van der Waals surface area contributed by atoms with Gasteiger partial charge >= 0.3 is 0 Å². The maximum atomic E-state index is 13.7. The van der Waals surface area contributed by atoms with Gasteiger partial charge in [-0.3, -0.25) is 34.1 Å². The third kappa shape index (κ3) is 4.83. The molecule has 2 saturated heterocycles. The van der Waals surface area contributed by atoms with E-state index in [0.29, 0.717) is 42.1 Å². The van der Waals surface area contributed by atoms with Crippen LogP contribution in [0.3, 0.4) is 0 Å². The van der Waals surface area contributed by atoms with E-state index in [4.69, 9.17) is 5.10 Å². The fraction of sp³-hybridized carbons (Fsp3) is 0.400. The SMILES string of the molecule is C=C1c2cccc(NCc3cnn(C4(c5ccccc5)CCN(C(=O)C5(C)CCC5)CC4)c3)c2C(=O)N1C1CCC(=O)NC1=O. The number of hydrogen-bond acceptors (Lipinski definition) is 6. The molecule has 7 rings (SSSR count). The largest absolute Gasteiger partial charge is 0.380 e. The highest BCUT2D eigenvalue weighted by Gasteiger charge is 2.46. The number of nitrogens with one attached hydrogen (secondary N) is 2. The molecule has 3 aliphatic heterocycles. The fourth-order valence-corrected chi connectivity index (χ4v) is 7.47. The summed E-state index contributed by atoms with van der Waals surface area (Å²) in [5.74, 6) is -0.826. The van der Waals surface area contributed by atoms with Gasteiger partial charge in [-0.25, -0.2) is 0 Å². The first-order valence-corrected chi connectivity index (χ1v) is 15.8. The van der Waals surface area contributed by atoms with Crippen LogP contribution in [-0.2, 0) is 26.5 Å². The van der Waals surface area contributed by atoms with Crippen LogP contribution in [0.4, 0.5) is 5.69 Å². The molecule has 1 unspecified atom stereocenters. The maximum Gasteiger partial charge on any atom is 0.261 e. The first-order chi connectivity index (χ1) is 21.7. The maximum absolute atomic E-state index is 13.7. The second kappa shape index (κ2) is 11.0. The number of nitrogens with zero attached hydrogens (tertiary/aromatic N) is 4. The fourth-order valence-electron chi connectivity index (χ4n) is 7.47. The summed E-state index contributed by atoms with van der Waals surface area (Å²) in [6.07, 6.45) is 8.97. The van der Waals surface area contributed by atoms with Crippen LogP contribution in [0.2, 0.25) is 0 Å². The van der Waals surface area contributed by atoms with Crippen molar-refractivity contribution in [3.63, 3.8) is 0 Å². The molecule has 1 saturated carbocycles. The Balaban J connectivity index is 1.10. The number of amides is 4. The molecule has 2 N–H and O–H groups in total. The van der Waals surface area contributed by atoms with E-state index in [1.54, 1.807) is 0 Å². The van der Waals surface area contributed by atoms with Gasteiger partial charge in [-0.1, -0.05) is 62.4 Å². The molecule has 0 radical (unpaired) electrons. The zero-order chi connectivity index (χ0) is 31.3. The highest BCUT2D eigenvalue weighted by molar-refractivity contribution is 6.15. The van der Waals surface area contributed by atoms with Gasteiger partial charge in [0.05, 0.1) is 17.3 Å². The van der Waals surface area contributed by atoms with E-state index in [1.165, 1.54) is 10.5 Å². The molecule has 4 heterocycles. The summed E-state index contributed by atoms with van der Waals surface area (Å²) in [6, 6.07) is 15.2. The second-order valence-electron chi connectivity index (χ2n) is 13.1. The Morgan fingerprint density at radius 2 is 1.80 bits per heavy atom. The van der Waals surface area contributed by atoms with Crippen LogP contribution in [0.25, 0.3) is 5.70 Å². The Morgan fingerprint density at radius 1 is 1.04 bits per heavy atom. The Hall–Kier alpha value is -4.73. The smallest absolute Gasteiger partial charge is 0.261 e. The van der Waals surface area contributed by atoms with Gasteiger partial charge in [0.15, 0.2) is 0 Å². The molecular formula is C35H38N6O4. The normalized spacial score (nSPS) is 22.1. The van der Waals surface area contributed by atoms with Gasteiger partial charge in [-0.05, 0) is 43.7 Å². The molecule has 1 atom stereocenters. The highest BCUT2D eigenvalue weighted by atomic mass is 16.2. The number of hydrogen-bond donors (Lipinski definition) is 2. The van der Waals surface area contributed by atoms with Gasteiger partial charge < -0.3 is 10.2 Å². The predicted octanol–water partition coefficient (Wildman–Crippen LogP) is 4.28. The van der Waals surface area contributed by atoms with Crippen molar-refractivity contribution in [2.45, 2.75) is 70.0 Å². The number of carbonyl (C=O) groups excluding carboxylic acids is 4. The topological polar surface area (TPSA) is 117 Å². The summed E-state index contributed by atoms with van der Waals surface area (Å²) in [7, 11) is 0. The lowest BCUT2D eigenvalue weighted by atomic mass is 9.69. The number of aromatic nitrogens is 2. The van der Waals surface area contributed by atoms with Crippen molar-refractivity contribution in [3.05, 3.63) is 89.8 Å². The zero-order valence-electron chi connectivity index (χ0n) is 25.6. The van der Waals surface area contributed by atoms with Crippen LogP contribution in [0, 0.1) is 5.41 Å². The van der Waals surface area contributed by atoms with Gasteiger partial charge in [0.25, 0.3) is 5.91 Å². The molecule has 10 nitrogen and oxygen atoms in total. The third-order valence-corrected chi connectivity index (χ3v) is 10.3. The number of likely N-dealkylation sites (tertiary alicyclic amines) is 1. The van der Waals surface area contributed by atoms with Crippen LogP contribution in [0.5, 0.6) is 0 Å². The highest BCUT2D eigenvalue weighted by Crippen LogP contribution is 2.44. The van der Waals surface area contributed by atoms with Crippen molar-refractivity contribution in [2.24, 2.45) is 5.41 Å². The summed E-state index contributed by atoms with van der Waals surface area (Å²) >= 11 is 0. The number of benzene rings is 2. The molecule has 1 aliphatic carbocycles. The molecule has 2 aromatic carbocycles. The van der Waals surface area contributed by atoms with E-state index in [1.807, 2.05) is 35.4 Å².